The summed E-state index contributed by atoms with van der Waals surface area (Å²) in [5, 5.41) is 20.8. The molecular weight excluding hydrogens is 432 g/mol. The molecule has 0 spiro atoms. The first-order valence-electron chi connectivity index (χ1n) is 6.41. The van der Waals surface area contributed by atoms with Gasteiger partial charge in [0.05, 0.1) is 11.9 Å². The number of rotatable bonds is 4. The molecule has 2 N–H and O–H groups in total. The van der Waals surface area contributed by atoms with E-state index in [1.807, 2.05) is 0 Å². The molecule has 0 aliphatic rings. The molecule has 27 heavy (non-hydrogen) atoms. The minimum Gasteiger partial charge on any atom is -0.545 e. The van der Waals surface area contributed by atoms with Crippen LogP contribution in [-0.2, 0) is 20.2 Å². The predicted octanol–water partition coefficient (Wildman–Crippen LogP) is -1.79. The summed E-state index contributed by atoms with van der Waals surface area (Å²) in [6.07, 6.45) is 0. The fraction of sp³-hybridized carbons (Fsp3) is 0. The van der Waals surface area contributed by atoms with Gasteiger partial charge in [0.2, 0.25) is 0 Å². The minimum atomic E-state index is -4.50. The molecule has 0 saturated heterocycles. The van der Waals surface area contributed by atoms with Gasteiger partial charge in [-0.15, -0.1) is 0 Å². The normalized spacial score (nSPS) is 10.7. The maximum atomic E-state index is 10.6. The van der Waals surface area contributed by atoms with Gasteiger partial charge in [0.1, 0.15) is 9.79 Å². The molecule has 10 nitrogen and oxygen atoms in total. The van der Waals surface area contributed by atoms with Gasteiger partial charge in [-0.05, 0) is 12.1 Å². The van der Waals surface area contributed by atoms with Crippen molar-refractivity contribution < 1.29 is 45.7 Å². The number of carbonyl (C=O) groups excluding carboxylic acids is 2. The standard InChI is InChI=1S/2C7H6O5S.Ca/c2*8-7(9)5-3-1-2-4-6(5)13(10,11)12;/h2*1-4H,(H,8,9)(H,10,11,12);/q;;+2/p-2. The Hall–Kier alpha value is -1.54. The molecule has 0 atom stereocenters. The molecule has 0 aliphatic heterocycles. The summed E-state index contributed by atoms with van der Waals surface area (Å²) in [6.45, 7) is 0. The Kier molecular flexibility index (Phi) is 9.55. The zero-order valence-electron chi connectivity index (χ0n) is 13.3. The Bertz CT molecular complexity index is 960. The van der Waals surface area contributed by atoms with Crippen molar-refractivity contribution in [1.82, 2.24) is 0 Å². The molecule has 2 aromatic carbocycles. The van der Waals surface area contributed by atoms with Crippen LogP contribution in [0.4, 0.5) is 0 Å². The van der Waals surface area contributed by atoms with Crippen LogP contribution in [0.5, 0.6) is 0 Å². The third-order valence-electron chi connectivity index (χ3n) is 2.77. The SMILES string of the molecule is O=C([O-])c1ccccc1S(=O)(=O)O.O=C([O-])c1ccccc1S(=O)(=O)O.[Ca+2]. The monoisotopic (exact) mass is 442 g/mol. The van der Waals surface area contributed by atoms with Gasteiger partial charge in [-0.1, -0.05) is 36.4 Å². The van der Waals surface area contributed by atoms with Gasteiger partial charge in [-0.2, -0.15) is 16.8 Å². The molecule has 0 saturated carbocycles. The maximum absolute atomic E-state index is 10.6. The van der Waals surface area contributed by atoms with Crippen molar-refractivity contribution in [1.29, 1.82) is 0 Å². The van der Waals surface area contributed by atoms with Crippen molar-refractivity contribution in [3.05, 3.63) is 59.7 Å². The zero-order chi connectivity index (χ0) is 20.1. The maximum Gasteiger partial charge on any atom is 2.00 e. The van der Waals surface area contributed by atoms with Crippen molar-refractivity contribution in [3.8, 4) is 0 Å². The van der Waals surface area contributed by atoms with Gasteiger partial charge in [0, 0.05) is 11.1 Å². The van der Waals surface area contributed by atoms with Crippen LogP contribution < -0.4 is 10.2 Å². The molecule has 0 unspecified atom stereocenters. The molecule has 0 aliphatic carbocycles. The van der Waals surface area contributed by atoms with Gasteiger partial charge >= 0.3 is 37.7 Å². The third kappa shape index (κ3) is 7.54. The molecular formula is C14H10CaO10S2. The van der Waals surface area contributed by atoms with E-state index in [1.54, 1.807) is 0 Å². The van der Waals surface area contributed by atoms with E-state index >= 15 is 0 Å². The second-order valence-corrected chi connectivity index (χ2v) is 7.30. The van der Waals surface area contributed by atoms with E-state index < -0.39 is 53.1 Å². The summed E-state index contributed by atoms with van der Waals surface area (Å²) < 4.78 is 59.7. The second-order valence-electron chi connectivity index (χ2n) is 4.52. The smallest absolute Gasteiger partial charge is 0.545 e. The summed E-state index contributed by atoms with van der Waals surface area (Å²) in [5.41, 5.74) is -1.10. The van der Waals surface area contributed by atoms with Gasteiger partial charge < -0.3 is 19.8 Å². The first-order valence-corrected chi connectivity index (χ1v) is 9.29. The van der Waals surface area contributed by atoms with Crippen LogP contribution in [0.15, 0.2) is 58.3 Å². The van der Waals surface area contributed by atoms with Gasteiger partial charge in [-0.25, -0.2) is 0 Å². The van der Waals surface area contributed by atoms with Crippen molar-refractivity contribution in [3.63, 3.8) is 0 Å². The fourth-order valence-corrected chi connectivity index (χ4v) is 3.08. The average Bonchev–Trinajstić information content (AvgIpc) is 2.54. The van der Waals surface area contributed by atoms with E-state index in [-0.39, 0.29) is 37.7 Å². The Labute approximate surface area is 184 Å². The Morgan fingerprint density at radius 3 is 1.11 bits per heavy atom. The minimum absolute atomic E-state index is 0. The summed E-state index contributed by atoms with van der Waals surface area (Å²) in [7, 11) is -9.00. The third-order valence-corrected chi connectivity index (χ3v) is 4.59. The van der Waals surface area contributed by atoms with E-state index in [0.29, 0.717) is 0 Å². The molecule has 0 aromatic heterocycles. The number of aromatic carboxylic acids is 2. The van der Waals surface area contributed by atoms with Crippen LogP contribution in [0, 0.1) is 0 Å². The van der Waals surface area contributed by atoms with Crippen LogP contribution in [0.3, 0.4) is 0 Å². The molecule has 2 aromatic rings. The number of carboxylic acids is 2. The van der Waals surface area contributed by atoms with Crippen LogP contribution >= 0.6 is 0 Å². The summed E-state index contributed by atoms with van der Waals surface area (Å²) >= 11 is 0. The number of benzene rings is 2. The molecule has 2 rings (SSSR count). The van der Waals surface area contributed by atoms with Crippen LogP contribution in [0.2, 0.25) is 0 Å². The van der Waals surface area contributed by atoms with Crippen molar-refractivity contribution in [2.24, 2.45) is 0 Å². The van der Waals surface area contributed by atoms with Crippen LogP contribution in [0.25, 0.3) is 0 Å². The van der Waals surface area contributed by atoms with Gasteiger partial charge in [0.15, 0.2) is 0 Å². The Balaban J connectivity index is 0.000000483. The topological polar surface area (TPSA) is 189 Å². The molecule has 0 amide bonds. The van der Waals surface area contributed by atoms with Crippen LogP contribution in [0.1, 0.15) is 20.7 Å². The molecule has 0 radical (unpaired) electrons. The molecule has 140 valence electrons. The quantitative estimate of drug-likeness (QED) is 0.404. The summed E-state index contributed by atoms with van der Waals surface area (Å²) in [4.78, 5) is 19.4. The number of hydrogen-bond acceptors (Lipinski definition) is 8. The molecule has 13 heteroatoms. The average molecular weight is 442 g/mol. The first kappa shape index (κ1) is 25.5. The predicted molar refractivity (Wildman–Crippen MR) is 86.9 cm³/mol. The van der Waals surface area contributed by atoms with E-state index in [0.717, 1.165) is 24.3 Å². The van der Waals surface area contributed by atoms with E-state index in [4.69, 9.17) is 9.11 Å². The number of hydrogen-bond donors (Lipinski definition) is 2. The van der Waals surface area contributed by atoms with Gasteiger partial charge in [0.25, 0.3) is 20.2 Å². The Morgan fingerprint density at radius 1 is 0.667 bits per heavy atom. The first-order chi connectivity index (χ1) is 11.9. The second kappa shape index (κ2) is 10.1. The van der Waals surface area contributed by atoms with E-state index in [2.05, 4.69) is 0 Å². The summed E-state index contributed by atoms with van der Waals surface area (Å²) in [5.74, 6) is -3.29. The Morgan fingerprint density at radius 2 is 0.926 bits per heavy atom. The number of carbonyl (C=O) groups is 2. The largest absolute Gasteiger partial charge is 2.00 e. The zero-order valence-corrected chi connectivity index (χ0v) is 17.1. The fourth-order valence-electron chi connectivity index (χ4n) is 1.72. The summed E-state index contributed by atoms with van der Waals surface area (Å²) in [6, 6.07) is 9.32. The van der Waals surface area contributed by atoms with E-state index in [1.165, 1.54) is 24.3 Å². The van der Waals surface area contributed by atoms with E-state index in [9.17, 15) is 36.6 Å². The van der Waals surface area contributed by atoms with Crippen molar-refractivity contribution >= 4 is 69.9 Å². The van der Waals surface area contributed by atoms with Crippen molar-refractivity contribution in [2.75, 3.05) is 0 Å². The molecule has 0 fully saturated rings. The molecule has 0 heterocycles. The molecule has 0 bridgehead atoms. The van der Waals surface area contributed by atoms with Crippen molar-refractivity contribution in [2.45, 2.75) is 9.79 Å². The van der Waals surface area contributed by atoms with Gasteiger partial charge in [-0.3, -0.25) is 9.11 Å². The number of carboxylic acid groups (broad SMARTS) is 2. The van der Waals surface area contributed by atoms with Crippen LogP contribution in [-0.4, -0.2) is 75.6 Å².